The van der Waals surface area contributed by atoms with Crippen molar-refractivity contribution in [1.82, 2.24) is 5.43 Å². The first-order valence-electron chi connectivity index (χ1n) is 4.67. The molecule has 1 aliphatic rings. The lowest BCUT2D eigenvalue weighted by Gasteiger charge is -2.16. The molecule has 0 radical (unpaired) electrons. The van der Waals surface area contributed by atoms with Crippen molar-refractivity contribution in [2.75, 3.05) is 6.61 Å². The Morgan fingerprint density at radius 3 is 2.86 bits per heavy atom. The molecule has 1 unspecified atom stereocenters. The van der Waals surface area contributed by atoms with Gasteiger partial charge in [-0.1, -0.05) is 0 Å². The van der Waals surface area contributed by atoms with Gasteiger partial charge in [-0.3, -0.25) is 9.59 Å². The van der Waals surface area contributed by atoms with E-state index in [-0.39, 0.29) is 17.8 Å². The van der Waals surface area contributed by atoms with Crippen LogP contribution in [-0.2, 0) is 14.3 Å². The van der Waals surface area contributed by atoms with Crippen molar-refractivity contribution in [3.05, 3.63) is 0 Å². The Morgan fingerprint density at radius 2 is 2.36 bits per heavy atom. The highest BCUT2D eigenvalue weighted by Gasteiger charge is 2.23. The molecule has 0 aromatic rings. The molecule has 0 spiro atoms. The highest BCUT2D eigenvalue weighted by Crippen LogP contribution is 2.10. The Kier molecular flexibility index (Phi) is 3.62. The van der Waals surface area contributed by atoms with E-state index in [2.05, 4.69) is 10.5 Å². The van der Waals surface area contributed by atoms with E-state index < -0.39 is 0 Å². The van der Waals surface area contributed by atoms with Gasteiger partial charge >= 0.3 is 5.97 Å². The Hall–Kier alpha value is -1.39. The summed E-state index contributed by atoms with van der Waals surface area (Å²) in [6.45, 7) is 3.85. The largest absolute Gasteiger partial charge is 0.465 e. The molecule has 5 heteroatoms. The van der Waals surface area contributed by atoms with Gasteiger partial charge in [0.15, 0.2) is 0 Å². The number of hydrogen-bond acceptors (Lipinski definition) is 4. The summed E-state index contributed by atoms with van der Waals surface area (Å²) in [5.41, 5.74) is 3.03. The van der Waals surface area contributed by atoms with Gasteiger partial charge in [-0.05, 0) is 20.3 Å². The first-order valence-corrected chi connectivity index (χ1v) is 4.67. The molecular formula is C9H14N2O3. The third-order valence-corrected chi connectivity index (χ3v) is 2.07. The van der Waals surface area contributed by atoms with Crippen LogP contribution in [0.1, 0.15) is 26.7 Å². The molecule has 1 atom stereocenters. The number of carbonyl (C=O) groups is 2. The Labute approximate surface area is 82.5 Å². The van der Waals surface area contributed by atoms with E-state index in [4.69, 9.17) is 4.74 Å². The predicted octanol–water partition coefficient (Wildman–Crippen LogP) is 0.452. The van der Waals surface area contributed by atoms with Crippen LogP contribution in [0.3, 0.4) is 0 Å². The molecule has 1 N–H and O–H groups in total. The minimum absolute atomic E-state index is 0.107. The van der Waals surface area contributed by atoms with E-state index in [0.29, 0.717) is 25.2 Å². The van der Waals surface area contributed by atoms with Crippen molar-refractivity contribution in [2.45, 2.75) is 26.7 Å². The van der Waals surface area contributed by atoms with Gasteiger partial charge in [0, 0.05) is 6.42 Å². The molecule has 1 amide bonds. The monoisotopic (exact) mass is 198 g/mol. The summed E-state index contributed by atoms with van der Waals surface area (Å²) in [5, 5.41) is 3.83. The smallest absolute Gasteiger partial charge is 0.314 e. The lowest BCUT2D eigenvalue weighted by molar-refractivity contribution is -0.145. The average Bonchev–Trinajstić information content (AvgIpc) is 2.18. The number of nitrogens with one attached hydrogen (secondary N) is 1. The quantitative estimate of drug-likeness (QED) is 0.669. The molecule has 0 saturated carbocycles. The fourth-order valence-electron chi connectivity index (χ4n) is 1.20. The number of hydrogen-bond donors (Lipinski definition) is 1. The van der Waals surface area contributed by atoms with E-state index in [1.807, 2.05) is 0 Å². The van der Waals surface area contributed by atoms with Crippen molar-refractivity contribution in [1.29, 1.82) is 0 Å². The molecule has 0 bridgehead atoms. The van der Waals surface area contributed by atoms with Gasteiger partial charge in [-0.25, -0.2) is 5.43 Å². The van der Waals surface area contributed by atoms with Crippen LogP contribution in [0.25, 0.3) is 0 Å². The Morgan fingerprint density at radius 1 is 1.64 bits per heavy atom. The summed E-state index contributed by atoms with van der Waals surface area (Å²) < 4.78 is 4.85. The standard InChI is InChI=1S/C9H14N2O3/c1-3-14-9(13)6(2)7-4-5-8(12)11-10-7/h6H,3-5H2,1-2H3,(H,11,12). The maximum Gasteiger partial charge on any atom is 0.314 e. The summed E-state index contributed by atoms with van der Waals surface area (Å²) in [4.78, 5) is 22.1. The summed E-state index contributed by atoms with van der Waals surface area (Å²) in [5.74, 6) is -0.761. The molecule has 1 aliphatic heterocycles. The first kappa shape index (κ1) is 10.7. The number of rotatable bonds is 3. The number of nitrogens with zero attached hydrogens (tertiary/aromatic N) is 1. The van der Waals surface area contributed by atoms with Crippen LogP contribution in [0.2, 0.25) is 0 Å². The van der Waals surface area contributed by atoms with Gasteiger partial charge in [0.1, 0.15) is 0 Å². The highest BCUT2D eigenvalue weighted by atomic mass is 16.5. The number of esters is 1. The van der Waals surface area contributed by atoms with Crippen LogP contribution in [0.5, 0.6) is 0 Å². The van der Waals surface area contributed by atoms with Gasteiger partial charge < -0.3 is 4.74 Å². The third-order valence-electron chi connectivity index (χ3n) is 2.07. The molecule has 78 valence electrons. The predicted molar refractivity (Wildman–Crippen MR) is 50.6 cm³/mol. The number of ether oxygens (including phenoxy) is 1. The topological polar surface area (TPSA) is 67.8 Å². The summed E-state index contributed by atoms with van der Waals surface area (Å²) in [6, 6.07) is 0. The van der Waals surface area contributed by atoms with Crippen LogP contribution in [-0.4, -0.2) is 24.2 Å². The van der Waals surface area contributed by atoms with Crippen LogP contribution in [0.4, 0.5) is 0 Å². The molecule has 1 heterocycles. The second kappa shape index (κ2) is 4.74. The van der Waals surface area contributed by atoms with Crippen molar-refractivity contribution in [2.24, 2.45) is 11.0 Å². The average molecular weight is 198 g/mol. The molecular weight excluding hydrogens is 184 g/mol. The van der Waals surface area contributed by atoms with E-state index in [1.54, 1.807) is 13.8 Å². The van der Waals surface area contributed by atoms with Crippen LogP contribution in [0.15, 0.2) is 5.10 Å². The SMILES string of the molecule is CCOC(=O)C(C)C1=NNC(=O)CC1. The van der Waals surface area contributed by atoms with Gasteiger partial charge in [-0.15, -0.1) is 0 Å². The Balaban J connectivity index is 2.56. The lowest BCUT2D eigenvalue weighted by atomic mass is 10.0. The van der Waals surface area contributed by atoms with Gasteiger partial charge in [0.05, 0.1) is 18.2 Å². The van der Waals surface area contributed by atoms with Crippen LogP contribution >= 0.6 is 0 Å². The number of carbonyl (C=O) groups excluding carboxylic acids is 2. The van der Waals surface area contributed by atoms with Crippen LogP contribution in [0, 0.1) is 5.92 Å². The Bertz CT molecular complexity index is 273. The fourth-order valence-corrected chi connectivity index (χ4v) is 1.20. The third kappa shape index (κ3) is 2.55. The van der Waals surface area contributed by atoms with Crippen molar-refractivity contribution < 1.29 is 14.3 Å². The molecule has 1 rings (SSSR count). The second-order valence-corrected chi connectivity index (χ2v) is 3.11. The molecule has 0 aromatic heterocycles. The zero-order valence-electron chi connectivity index (χ0n) is 8.37. The molecule has 0 fully saturated rings. The normalized spacial score (nSPS) is 18.1. The molecule has 0 aliphatic carbocycles. The second-order valence-electron chi connectivity index (χ2n) is 3.11. The van der Waals surface area contributed by atoms with Crippen molar-refractivity contribution >= 4 is 17.6 Å². The minimum Gasteiger partial charge on any atom is -0.465 e. The van der Waals surface area contributed by atoms with E-state index in [9.17, 15) is 9.59 Å². The van der Waals surface area contributed by atoms with Crippen LogP contribution < -0.4 is 5.43 Å². The van der Waals surface area contributed by atoms with Gasteiger partial charge in [-0.2, -0.15) is 5.10 Å². The van der Waals surface area contributed by atoms with E-state index in [1.165, 1.54) is 0 Å². The summed E-state index contributed by atoms with van der Waals surface area (Å²) in [6.07, 6.45) is 0.925. The first-order chi connectivity index (χ1) is 6.65. The van der Waals surface area contributed by atoms with Crippen molar-refractivity contribution in [3.8, 4) is 0 Å². The number of hydrazone groups is 1. The molecule has 0 saturated heterocycles. The van der Waals surface area contributed by atoms with E-state index in [0.717, 1.165) is 0 Å². The van der Waals surface area contributed by atoms with Crippen molar-refractivity contribution in [3.63, 3.8) is 0 Å². The fraction of sp³-hybridized carbons (Fsp3) is 0.667. The lowest BCUT2D eigenvalue weighted by Crippen LogP contribution is -2.32. The van der Waals surface area contributed by atoms with Gasteiger partial charge in [0.25, 0.3) is 0 Å². The highest BCUT2D eigenvalue weighted by molar-refractivity contribution is 6.04. The molecule has 5 nitrogen and oxygen atoms in total. The summed E-state index contributed by atoms with van der Waals surface area (Å²) >= 11 is 0. The zero-order valence-corrected chi connectivity index (χ0v) is 8.37. The molecule has 14 heavy (non-hydrogen) atoms. The maximum atomic E-state index is 11.3. The minimum atomic E-state index is -0.365. The number of amides is 1. The summed E-state index contributed by atoms with van der Waals surface area (Å²) in [7, 11) is 0. The zero-order chi connectivity index (χ0) is 10.6. The van der Waals surface area contributed by atoms with E-state index >= 15 is 0 Å². The molecule has 0 aromatic carbocycles. The van der Waals surface area contributed by atoms with Gasteiger partial charge in [0.2, 0.25) is 5.91 Å². The maximum absolute atomic E-state index is 11.3.